The Bertz CT molecular complexity index is 704. The van der Waals surface area contributed by atoms with Gasteiger partial charge < -0.3 is 15.8 Å². The summed E-state index contributed by atoms with van der Waals surface area (Å²) in [5.41, 5.74) is 5.62. The van der Waals surface area contributed by atoms with Crippen LogP contribution in [-0.2, 0) is 14.3 Å². The van der Waals surface area contributed by atoms with Gasteiger partial charge in [0.1, 0.15) is 0 Å². The van der Waals surface area contributed by atoms with E-state index in [-0.39, 0.29) is 17.4 Å². The van der Waals surface area contributed by atoms with E-state index < -0.39 is 24.0 Å². The molecule has 128 valence electrons. The molecule has 0 saturated heterocycles. The Kier molecular flexibility index (Phi) is 5.45. The third-order valence-electron chi connectivity index (χ3n) is 3.19. The summed E-state index contributed by atoms with van der Waals surface area (Å²) in [6.07, 6.45) is -1.16. The van der Waals surface area contributed by atoms with E-state index in [1.165, 1.54) is 17.8 Å². The fourth-order valence-electron chi connectivity index (χ4n) is 2.08. The van der Waals surface area contributed by atoms with Crippen LogP contribution in [0.1, 0.15) is 24.2 Å². The maximum absolute atomic E-state index is 12.3. The molecule has 1 aliphatic heterocycles. The zero-order valence-corrected chi connectivity index (χ0v) is 13.9. The van der Waals surface area contributed by atoms with Gasteiger partial charge in [0.2, 0.25) is 5.91 Å². The fourth-order valence-corrected chi connectivity index (χ4v) is 2.87. The van der Waals surface area contributed by atoms with Crippen molar-refractivity contribution in [3.63, 3.8) is 0 Å². The second-order valence-corrected chi connectivity index (χ2v) is 6.49. The summed E-state index contributed by atoms with van der Waals surface area (Å²) in [5.74, 6) is -1.71. The first-order valence-corrected chi connectivity index (χ1v) is 8.14. The molecular formula is C15H17N3O5S. The van der Waals surface area contributed by atoms with E-state index >= 15 is 0 Å². The van der Waals surface area contributed by atoms with Crippen LogP contribution in [0.2, 0.25) is 0 Å². The number of carbonyl (C=O) groups excluding carboxylic acids is 4. The van der Waals surface area contributed by atoms with Gasteiger partial charge in [-0.15, -0.1) is 11.8 Å². The van der Waals surface area contributed by atoms with E-state index in [1.54, 1.807) is 26.0 Å². The van der Waals surface area contributed by atoms with Crippen LogP contribution in [0.15, 0.2) is 23.1 Å². The molecule has 0 unspecified atom stereocenters. The number of carbonyl (C=O) groups is 4. The van der Waals surface area contributed by atoms with Gasteiger partial charge in [-0.05, 0) is 24.1 Å². The molecule has 2 rings (SSSR count). The Morgan fingerprint density at radius 3 is 2.67 bits per heavy atom. The van der Waals surface area contributed by atoms with Gasteiger partial charge in [0, 0.05) is 4.90 Å². The smallest absolute Gasteiger partial charge is 0.338 e. The largest absolute Gasteiger partial charge is 0.448 e. The second kappa shape index (κ2) is 7.35. The van der Waals surface area contributed by atoms with Crippen molar-refractivity contribution in [2.75, 3.05) is 11.1 Å². The zero-order valence-electron chi connectivity index (χ0n) is 13.1. The standard InChI is InChI=1S/C15H17N3O5S/c1-7(2)12(13(20)18-15(16)22)23-14(21)8-3-4-10-9(5-8)17-11(19)6-24-10/h3-5,7,12H,6H2,1-2H3,(H,17,19)(H3,16,18,20,22)/t12-/m1/s1. The number of esters is 1. The highest BCUT2D eigenvalue weighted by Gasteiger charge is 2.28. The molecule has 8 nitrogen and oxygen atoms in total. The minimum Gasteiger partial charge on any atom is -0.448 e. The molecule has 1 aromatic rings. The van der Waals surface area contributed by atoms with Gasteiger partial charge in [-0.2, -0.15) is 0 Å². The summed E-state index contributed by atoms with van der Waals surface area (Å²) in [5, 5.41) is 4.57. The minimum absolute atomic E-state index is 0.154. The number of ether oxygens (including phenoxy) is 1. The molecule has 4 amide bonds. The van der Waals surface area contributed by atoms with E-state index in [1.807, 2.05) is 5.32 Å². The van der Waals surface area contributed by atoms with Crippen molar-refractivity contribution in [1.82, 2.24) is 5.32 Å². The number of nitrogens with one attached hydrogen (secondary N) is 2. The normalized spacial score (nSPS) is 14.4. The lowest BCUT2D eigenvalue weighted by molar-refractivity contribution is -0.130. The van der Waals surface area contributed by atoms with Crippen LogP contribution in [-0.4, -0.2) is 35.7 Å². The quantitative estimate of drug-likeness (QED) is 0.697. The van der Waals surface area contributed by atoms with Crippen LogP contribution in [0.25, 0.3) is 0 Å². The van der Waals surface area contributed by atoms with Crippen LogP contribution in [0, 0.1) is 5.92 Å². The van der Waals surface area contributed by atoms with Crippen molar-refractivity contribution in [3.8, 4) is 0 Å². The summed E-state index contributed by atoms with van der Waals surface area (Å²) >= 11 is 1.37. The zero-order chi connectivity index (χ0) is 17.9. The SMILES string of the molecule is CC(C)[C@@H](OC(=O)c1ccc2c(c1)NC(=O)CS2)C(=O)NC(N)=O. The van der Waals surface area contributed by atoms with E-state index in [4.69, 9.17) is 10.5 Å². The molecule has 1 aliphatic rings. The molecule has 0 saturated carbocycles. The van der Waals surface area contributed by atoms with Gasteiger partial charge in [-0.25, -0.2) is 9.59 Å². The molecule has 0 aliphatic carbocycles. The molecule has 0 aromatic heterocycles. The summed E-state index contributed by atoms with van der Waals surface area (Å²) in [6, 6.07) is 3.72. The molecule has 0 spiro atoms. The highest BCUT2D eigenvalue weighted by atomic mass is 32.2. The molecule has 1 atom stereocenters. The first kappa shape index (κ1) is 17.8. The highest BCUT2D eigenvalue weighted by Crippen LogP contribution is 2.32. The number of fused-ring (bicyclic) bond motifs is 1. The summed E-state index contributed by atoms with van der Waals surface area (Å²) in [7, 11) is 0. The number of thioether (sulfide) groups is 1. The van der Waals surface area contributed by atoms with Crippen molar-refractivity contribution in [3.05, 3.63) is 23.8 Å². The van der Waals surface area contributed by atoms with Gasteiger partial charge in [0.05, 0.1) is 17.0 Å². The number of rotatable bonds is 4. The lowest BCUT2D eigenvalue weighted by Crippen LogP contribution is -2.45. The summed E-state index contributed by atoms with van der Waals surface area (Å²) < 4.78 is 5.20. The van der Waals surface area contributed by atoms with E-state index in [9.17, 15) is 19.2 Å². The van der Waals surface area contributed by atoms with Crippen molar-refractivity contribution < 1.29 is 23.9 Å². The summed E-state index contributed by atoms with van der Waals surface area (Å²) in [6.45, 7) is 3.34. The molecule has 1 heterocycles. The number of urea groups is 1. The average Bonchev–Trinajstić information content (AvgIpc) is 2.50. The van der Waals surface area contributed by atoms with E-state index in [0.29, 0.717) is 11.4 Å². The molecule has 0 bridgehead atoms. The van der Waals surface area contributed by atoms with Crippen LogP contribution in [0.4, 0.5) is 10.5 Å². The van der Waals surface area contributed by atoms with Crippen molar-refractivity contribution in [2.45, 2.75) is 24.8 Å². The van der Waals surface area contributed by atoms with Crippen LogP contribution in [0.3, 0.4) is 0 Å². The van der Waals surface area contributed by atoms with Gasteiger partial charge in [-0.1, -0.05) is 13.8 Å². The molecule has 4 N–H and O–H groups in total. The number of imide groups is 1. The maximum atomic E-state index is 12.3. The molecule has 9 heteroatoms. The van der Waals surface area contributed by atoms with Gasteiger partial charge >= 0.3 is 12.0 Å². The minimum atomic E-state index is -1.16. The Morgan fingerprint density at radius 2 is 2.04 bits per heavy atom. The van der Waals surface area contributed by atoms with Gasteiger partial charge in [0.25, 0.3) is 5.91 Å². The topological polar surface area (TPSA) is 128 Å². The van der Waals surface area contributed by atoms with Gasteiger partial charge in [0.15, 0.2) is 6.10 Å². The molecule has 0 fully saturated rings. The van der Waals surface area contributed by atoms with Crippen LogP contribution < -0.4 is 16.4 Å². The van der Waals surface area contributed by atoms with Crippen molar-refractivity contribution >= 4 is 41.3 Å². The lowest BCUT2D eigenvalue weighted by Gasteiger charge is -2.21. The first-order chi connectivity index (χ1) is 11.3. The Labute approximate surface area is 142 Å². The van der Waals surface area contributed by atoms with Crippen LogP contribution >= 0.6 is 11.8 Å². The number of hydrogen-bond acceptors (Lipinski definition) is 6. The third-order valence-corrected chi connectivity index (χ3v) is 4.27. The fraction of sp³-hybridized carbons (Fsp3) is 0.333. The number of hydrogen-bond donors (Lipinski definition) is 3. The first-order valence-electron chi connectivity index (χ1n) is 7.16. The Morgan fingerprint density at radius 1 is 1.33 bits per heavy atom. The number of nitrogens with two attached hydrogens (primary N) is 1. The molecule has 0 radical (unpaired) electrons. The van der Waals surface area contributed by atoms with Gasteiger partial charge in [-0.3, -0.25) is 14.9 Å². The number of anilines is 1. The molecule has 1 aromatic carbocycles. The highest BCUT2D eigenvalue weighted by molar-refractivity contribution is 8.00. The second-order valence-electron chi connectivity index (χ2n) is 5.47. The Balaban J connectivity index is 2.15. The van der Waals surface area contributed by atoms with E-state index in [0.717, 1.165) is 4.90 Å². The Hall–Kier alpha value is -2.55. The average molecular weight is 351 g/mol. The summed E-state index contributed by atoms with van der Waals surface area (Å²) in [4.78, 5) is 47.2. The molecule has 24 heavy (non-hydrogen) atoms. The third kappa shape index (κ3) is 4.25. The predicted molar refractivity (Wildman–Crippen MR) is 87.6 cm³/mol. The predicted octanol–water partition coefficient (Wildman–Crippen LogP) is 1.11. The van der Waals surface area contributed by atoms with Crippen molar-refractivity contribution in [2.24, 2.45) is 11.7 Å². The number of primary amides is 1. The monoisotopic (exact) mass is 351 g/mol. The number of amides is 4. The molecular weight excluding hydrogens is 334 g/mol. The van der Waals surface area contributed by atoms with Crippen LogP contribution in [0.5, 0.6) is 0 Å². The van der Waals surface area contributed by atoms with Crippen molar-refractivity contribution in [1.29, 1.82) is 0 Å². The van der Waals surface area contributed by atoms with E-state index in [2.05, 4.69) is 5.32 Å². The lowest BCUT2D eigenvalue weighted by atomic mass is 10.1. The maximum Gasteiger partial charge on any atom is 0.338 e. The number of benzene rings is 1.